The lowest BCUT2D eigenvalue weighted by Gasteiger charge is -2.17. The standard InChI is InChI=1S/C20H13N3O4S/c1-11-2-4-12(5-3-11)28(25,26)27-16-7-6-15-17-18(16)20(24)13-8-9-21-10-14(13)19(17)23-22-15/h2-10H,1H3,(H,22,23). The van der Waals surface area contributed by atoms with Crippen molar-refractivity contribution in [3.63, 3.8) is 0 Å². The molecule has 8 heteroatoms. The Morgan fingerprint density at radius 1 is 1.00 bits per heavy atom. The highest BCUT2D eigenvalue weighted by Gasteiger charge is 2.32. The predicted molar refractivity (Wildman–Crippen MR) is 102 cm³/mol. The van der Waals surface area contributed by atoms with Crippen molar-refractivity contribution in [3.8, 4) is 17.0 Å². The zero-order valence-electron chi connectivity index (χ0n) is 14.6. The number of hydrogen-bond donors (Lipinski definition) is 1. The molecule has 5 rings (SSSR count). The van der Waals surface area contributed by atoms with E-state index in [0.717, 1.165) is 5.56 Å². The third-order valence-electron chi connectivity index (χ3n) is 4.75. The quantitative estimate of drug-likeness (QED) is 0.474. The molecule has 0 aliphatic heterocycles. The summed E-state index contributed by atoms with van der Waals surface area (Å²) >= 11 is 0. The smallest absolute Gasteiger partial charge is 0.339 e. The molecule has 4 aromatic rings. The minimum atomic E-state index is -4.10. The van der Waals surface area contributed by atoms with Crippen LogP contribution in [0.5, 0.6) is 5.75 Å². The van der Waals surface area contributed by atoms with Gasteiger partial charge in [-0.1, -0.05) is 17.7 Å². The van der Waals surface area contributed by atoms with Crippen LogP contribution in [0.1, 0.15) is 21.5 Å². The number of hydrogen-bond acceptors (Lipinski definition) is 6. The van der Waals surface area contributed by atoms with Crippen molar-refractivity contribution in [2.75, 3.05) is 0 Å². The van der Waals surface area contributed by atoms with Gasteiger partial charge in [0.05, 0.1) is 16.8 Å². The van der Waals surface area contributed by atoms with E-state index in [-0.39, 0.29) is 22.0 Å². The van der Waals surface area contributed by atoms with E-state index in [2.05, 4.69) is 15.2 Å². The fourth-order valence-electron chi connectivity index (χ4n) is 3.38. The molecule has 0 spiro atoms. The van der Waals surface area contributed by atoms with Crippen molar-refractivity contribution < 1.29 is 17.4 Å². The average Bonchev–Trinajstić information content (AvgIpc) is 3.11. The molecule has 2 aromatic heterocycles. The number of aromatic nitrogens is 3. The Labute approximate surface area is 160 Å². The summed E-state index contributed by atoms with van der Waals surface area (Å²) in [6, 6.07) is 11.0. The Morgan fingerprint density at radius 3 is 2.57 bits per heavy atom. The lowest BCUT2D eigenvalue weighted by molar-refractivity contribution is 0.103. The Kier molecular flexibility index (Phi) is 3.41. The van der Waals surface area contributed by atoms with Gasteiger partial charge in [0.2, 0.25) is 0 Å². The van der Waals surface area contributed by atoms with Crippen LogP contribution in [0.2, 0.25) is 0 Å². The van der Waals surface area contributed by atoms with Gasteiger partial charge in [0.1, 0.15) is 4.90 Å². The Hall–Kier alpha value is -3.52. The summed E-state index contributed by atoms with van der Waals surface area (Å²) in [5.74, 6) is -0.353. The van der Waals surface area contributed by atoms with Crippen LogP contribution in [0.25, 0.3) is 22.2 Å². The SMILES string of the molecule is Cc1ccc(S(=O)(=O)Oc2ccc3n[nH]c4c3c2C(=O)c2ccncc2-4)cc1. The largest absolute Gasteiger partial charge is 0.378 e. The first-order chi connectivity index (χ1) is 13.5. The maximum atomic E-state index is 13.1. The summed E-state index contributed by atoms with van der Waals surface area (Å²) in [7, 11) is -4.10. The van der Waals surface area contributed by atoms with Gasteiger partial charge < -0.3 is 4.18 Å². The van der Waals surface area contributed by atoms with Crippen molar-refractivity contribution >= 4 is 26.8 Å². The third-order valence-corrected chi connectivity index (χ3v) is 6.00. The average molecular weight is 391 g/mol. The number of pyridine rings is 1. The second-order valence-electron chi connectivity index (χ2n) is 6.53. The number of H-pyrrole nitrogens is 1. The summed E-state index contributed by atoms with van der Waals surface area (Å²) in [5, 5.41) is 7.66. The van der Waals surface area contributed by atoms with Crippen molar-refractivity contribution in [1.82, 2.24) is 15.2 Å². The predicted octanol–water partition coefficient (Wildman–Crippen LogP) is 3.25. The summed E-state index contributed by atoms with van der Waals surface area (Å²) < 4.78 is 30.9. The van der Waals surface area contributed by atoms with Crippen LogP contribution < -0.4 is 4.18 Å². The van der Waals surface area contributed by atoms with E-state index in [9.17, 15) is 13.2 Å². The summed E-state index contributed by atoms with van der Waals surface area (Å²) in [4.78, 5) is 17.2. The number of rotatable bonds is 3. The van der Waals surface area contributed by atoms with Gasteiger partial charge in [0.15, 0.2) is 11.5 Å². The first-order valence-corrected chi connectivity index (χ1v) is 9.88. The van der Waals surface area contributed by atoms with Crippen molar-refractivity contribution in [2.45, 2.75) is 11.8 Å². The van der Waals surface area contributed by atoms with Crippen LogP contribution in [0.4, 0.5) is 0 Å². The third kappa shape index (κ3) is 2.35. The Balaban J connectivity index is 1.70. The molecule has 2 heterocycles. The van der Waals surface area contributed by atoms with Gasteiger partial charge >= 0.3 is 10.1 Å². The van der Waals surface area contributed by atoms with E-state index in [1.165, 1.54) is 24.4 Å². The van der Waals surface area contributed by atoms with Gasteiger partial charge in [-0.2, -0.15) is 13.5 Å². The topological polar surface area (TPSA) is 102 Å². The number of carbonyl (C=O) groups is 1. The highest BCUT2D eigenvalue weighted by molar-refractivity contribution is 7.87. The van der Waals surface area contributed by atoms with E-state index in [4.69, 9.17) is 4.18 Å². The number of nitrogens with one attached hydrogen (secondary N) is 1. The Morgan fingerprint density at radius 2 is 1.79 bits per heavy atom. The number of nitrogens with zero attached hydrogens (tertiary/aromatic N) is 2. The lowest BCUT2D eigenvalue weighted by Crippen LogP contribution is -2.15. The number of carbonyl (C=O) groups excluding carboxylic acids is 1. The minimum Gasteiger partial charge on any atom is -0.378 e. The molecule has 0 bridgehead atoms. The van der Waals surface area contributed by atoms with Gasteiger partial charge in [-0.05, 0) is 37.3 Å². The molecule has 1 aliphatic carbocycles. The van der Waals surface area contributed by atoms with Gasteiger partial charge in [-0.25, -0.2) is 0 Å². The first kappa shape index (κ1) is 16.6. The number of aromatic amines is 1. The molecule has 138 valence electrons. The van der Waals surface area contributed by atoms with E-state index >= 15 is 0 Å². The minimum absolute atomic E-state index is 0.0191. The maximum absolute atomic E-state index is 13.1. The molecule has 0 fully saturated rings. The molecule has 0 unspecified atom stereocenters. The normalized spacial score (nSPS) is 12.8. The van der Waals surface area contributed by atoms with Crippen LogP contribution in [-0.4, -0.2) is 29.4 Å². The second-order valence-corrected chi connectivity index (χ2v) is 8.08. The fourth-order valence-corrected chi connectivity index (χ4v) is 4.32. The monoisotopic (exact) mass is 391 g/mol. The van der Waals surface area contributed by atoms with E-state index in [1.807, 2.05) is 6.92 Å². The molecule has 1 N–H and O–H groups in total. The zero-order valence-corrected chi connectivity index (χ0v) is 15.4. The van der Waals surface area contributed by atoms with Gasteiger partial charge in [-0.15, -0.1) is 0 Å². The summed E-state index contributed by atoms with van der Waals surface area (Å²) in [6.45, 7) is 1.86. The zero-order chi connectivity index (χ0) is 19.5. The highest BCUT2D eigenvalue weighted by atomic mass is 32.2. The van der Waals surface area contributed by atoms with Crippen LogP contribution in [0.15, 0.2) is 59.8 Å². The van der Waals surface area contributed by atoms with Gasteiger partial charge in [0.25, 0.3) is 0 Å². The van der Waals surface area contributed by atoms with E-state index in [1.54, 1.807) is 30.5 Å². The molecule has 7 nitrogen and oxygen atoms in total. The number of fused-ring (bicyclic) bond motifs is 2. The highest BCUT2D eigenvalue weighted by Crippen LogP contribution is 2.41. The summed E-state index contributed by atoms with van der Waals surface area (Å²) in [6.07, 6.45) is 3.10. The molecule has 2 aromatic carbocycles. The molecule has 0 radical (unpaired) electrons. The maximum Gasteiger partial charge on any atom is 0.339 e. The molecule has 1 aliphatic rings. The van der Waals surface area contributed by atoms with Crippen molar-refractivity contribution in [2.24, 2.45) is 0 Å². The molecule has 28 heavy (non-hydrogen) atoms. The number of aryl methyl sites for hydroxylation is 1. The van der Waals surface area contributed by atoms with E-state index in [0.29, 0.717) is 27.7 Å². The number of benzene rings is 2. The van der Waals surface area contributed by atoms with Crippen LogP contribution in [0.3, 0.4) is 0 Å². The van der Waals surface area contributed by atoms with Crippen LogP contribution >= 0.6 is 0 Å². The summed E-state index contributed by atoms with van der Waals surface area (Å²) in [5.41, 5.74) is 3.31. The first-order valence-electron chi connectivity index (χ1n) is 8.47. The van der Waals surface area contributed by atoms with Crippen molar-refractivity contribution in [1.29, 1.82) is 0 Å². The molecule has 0 atom stereocenters. The molecule has 0 saturated heterocycles. The van der Waals surface area contributed by atoms with Crippen LogP contribution in [-0.2, 0) is 10.1 Å². The molecule has 0 saturated carbocycles. The van der Waals surface area contributed by atoms with Gasteiger partial charge in [0, 0.05) is 28.9 Å². The second kappa shape index (κ2) is 5.74. The molecular formula is C20H13N3O4S. The fraction of sp³-hybridized carbons (Fsp3) is 0.0500. The number of ketones is 1. The lowest BCUT2D eigenvalue weighted by atomic mass is 9.88. The molecular weight excluding hydrogens is 378 g/mol. The van der Waals surface area contributed by atoms with Crippen molar-refractivity contribution in [3.05, 3.63) is 71.5 Å². The van der Waals surface area contributed by atoms with Gasteiger partial charge in [-0.3, -0.25) is 14.9 Å². The Bertz CT molecular complexity index is 1370. The molecule has 0 amide bonds. The van der Waals surface area contributed by atoms with E-state index < -0.39 is 10.1 Å². The van der Waals surface area contributed by atoms with Crippen LogP contribution in [0, 0.1) is 6.92 Å².